The number of azo groups is 2. The second-order valence-electron chi connectivity index (χ2n) is 7.84. The van der Waals surface area contributed by atoms with Crippen LogP contribution in [-0.2, 0) is 11.2 Å². The van der Waals surface area contributed by atoms with Crippen molar-refractivity contribution in [2.24, 2.45) is 20.5 Å². The first-order chi connectivity index (χ1) is 16.7. The third-order valence-electron chi connectivity index (χ3n) is 5.02. The number of hydrogen-bond acceptors (Lipinski definition) is 7. The largest absolute Gasteiger partial charge is 0.427 e. The van der Waals surface area contributed by atoms with Crippen molar-refractivity contribution in [1.82, 2.24) is 0 Å². The summed E-state index contributed by atoms with van der Waals surface area (Å²) in [5.41, 5.74) is 4.09. The molecule has 7 nitrogen and oxygen atoms in total. The summed E-state index contributed by atoms with van der Waals surface area (Å²) in [4.78, 5) is 11.7. The van der Waals surface area contributed by atoms with Crippen LogP contribution in [0.15, 0.2) is 93.3 Å². The number of nitrogens with zero attached hydrogens (tertiary/aromatic N) is 4. The number of carbonyl (C=O) groups excluding carboxylic acids is 1. The van der Waals surface area contributed by atoms with Crippen LogP contribution in [-0.4, -0.2) is 17.7 Å². The summed E-state index contributed by atoms with van der Waals surface area (Å²) in [6.07, 6.45) is 4.95. The highest BCUT2D eigenvalue weighted by atomic mass is 16.5. The van der Waals surface area contributed by atoms with E-state index in [1.54, 1.807) is 24.3 Å². The molecule has 0 spiro atoms. The van der Waals surface area contributed by atoms with E-state index >= 15 is 0 Å². The second-order valence-corrected chi connectivity index (χ2v) is 7.84. The molecule has 3 aromatic rings. The molecule has 0 heterocycles. The average molecular weight is 459 g/mol. The van der Waals surface area contributed by atoms with Gasteiger partial charge >= 0.3 is 5.97 Å². The Morgan fingerprint density at radius 1 is 0.706 bits per heavy atom. The van der Waals surface area contributed by atoms with E-state index in [0.29, 0.717) is 23.5 Å². The Labute approximate surface area is 200 Å². The van der Waals surface area contributed by atoms with Crippen LogP contribution in [0.25, 0.3) is 0 Å². The number of benzene rings is 3. The van der Waals surface area contributed by atoms with Gasteiger partial charge in [-0.2, -0.15) is 20.5 Å². The number of aliphatic hydroxyl groups excluding tert-OH is 1. The molecule has 0 aliphatic carbocycles. The SMILES string of the molecule is CCCCC(=O)Oc1ccc(N=Nc2ccc(N=Nc3ccc(CCCCO)cc3)cc2)cc1. The lowest BCUT2D eigenvalue weighted by Crippen LogP contribution is -2.06. The number of carbonyl (C=O) groups is 1. The van der Waals surface area contributed by atoms with Gasteiger partial charge in [0, 0.05) is 13.0 Å². The molecule has 0 aliphatic rings. The molecule has 7 heteroatoms. The van der Waals surface area contributed by atoms with E-state index in [1.165, 1.54) is 5.56 Å². The third-order valence-corrected chi connectivity index (χ3v) is 5.02. The number of aliphatic hydroxyl groups is 1. The number of aryl methyl sites for hydroxylation is 1. The first kappa shape index (κ1) is 24.9. The molecule has 0 unspecified atom stereocenters. The number of hydrogen-bond donors (Lipinski definition) is 1. The molecule has 1 N–H and O–H groups in total. The predicted molar refractivity (Wildman–Crippen MR) is 133 cm³/mol. The summed E-state index contributed by atoms with van der Waals surface area (Å²) in [5, 5.41) is 25.9. The summed E-state index contributed by atoms with van der Waals surface area (Å²) in [7, 11) is 0. The van der Waals surface area contributed by atoms with E-state index in [2.05, 4.69) is 20.5 Å². The smallest absolute Gasteiger partial charge is 0.311 e. The molecule has 0 bridgehead atoms. The van der Waals surface area contributed by atoms with E-state index in [4.69, 9.17) is 9.84 Å². The Hall–Kier alpha value is -3.71. The fraction of sp³-hybridized carbons (Fsp3) is 0.296. The molecule has 0 aromatic heterocycles. The van der Waals surface area contributed by atoms with Crippen LogP contribution >= 0.6 is 0 Å². The van der Waals surface area contributed by atoms with Gasteiger partial charge in [-0.25, -0.2) is 0 Å². The molecule has 0 aliphatic heterocycles. The second kappa shape index (κ2) is 13.7. The van der Waals surface area contributed by atoms with Crippen LogP contribution in [0, 0.1) is 0 Å². The van der Waals surface area contributed by atoms with Crippen molar-refractivity contribution >= 4 is 28.7 Å². The van der Waals surface area contributed by atoms with Crippen molar-refractivity contribution in [3.05, 3.63) is 78.4 Å². The van der Waals surface area contributed by atoms with Gasteiger partial charge in [-0.15, -0.1) is 0 Å². The Kier molecular flexibility index (Phi) is 10.1. The molecule has 0 atom stereocenters. The molecule has 176 valence electrons. The molecule has 34 heavy (non-hydrogen) atoms. The number of rotatable bonds is 12. The summed E-state index contributed by atoms with van der Waals surface area (Å²) >= 11 is 0. The van der Waals surface area contributed by atoms with Crippen LogP contribution in [0.2, 0.25) is 0 Å². The van der Waals surface area contributed by atoms with Gasteiger partial charge in [-0.05, 0) is 91.9 Å². The molecule has 3 aromatic carbocycles. The minimum absolute atomic E-state index is 0.222. The van der Waals surface area contributed by atoms with E-state index in [-0.39, 0.29) is 12.6 Å². The van der Waals surface area contributed by atoms with Gasteiger partial charge in [0.05, 0.1) is 22.7 Å². The molecule has 0 saturated carbocycles. The third kappa shape index (κ3) is 8.67. The summed E-state index contributed by atoms with van der Waals surface area (Å²) < 4.78 is 5.29. The van der Waals surface area contributed by atoms with Crippen molar-refractivity contribution < 1.29 is 14.6 Å². The Morgan fingerprint density at radius 3 is 1.65 bits per heavy atom. The maximum absolute atomic E-state index is 11.7. The number of ether oxygens (including phenoxy) is 1. The molecule has 0 saturated heterocycles. The number of esters is 1. The Balaban J connectivity index is 1.50. The van der Waals surface area contributed by atoms with Gasteiger partial charge in [0.15, 0.2) is 0 Å². The van der Waals surface area contributed by atoms with E-state index in [1.807, 2.05) is 55.5 Å². The van der Waals surface area contributed by atoms with Gasteiger partial charge in [0.2, 0.25) is 0 Å². The quantitative estimate of drug-likeness (QED) is 0.129. The lowest BCUT2D eigenvalue weighted by molar-refractivity contribution is -0.134. The number of unbranched alkanes of at least 4 members (excludes halogenated alkanes) is 2. The normalized spacial score (nSPS) is 11.4. The molecule has 0 radical (unpaired) electrons. The maximum Gasteiger partial charge on any atom is 0.311 e. The summed E-state index contributed by atoms with van der Waals surface area (Å²) in [5.74, 6) is 0.283. The average Bonchev–Trinajstić information content (AvgIpc) is 2.87. The van der Waals surface area contributed by atoms with Crippen molar-refractivity contribution in [1.29, 1.82) is 0 Å². The fourth-order valence-electron chi connectivity index (χ4n) is 3.07. The van der Waals surface area contributed by atoms with Crippen LogP contribution in [0.5, 0.6) is 5.75 Å². The highest BCUT2D eigenvalue weighted by Crippen LogP contribution is 2.25. The van der Waals surface area contributed by atoms with Crippen molar-refractivity contribution in [2.75, 3.05) is 6.61 Å². The van der Waals surface area contributed by atoms with E-state index in [9.17, 15) is 4.79 Å². The van der Waals surface area contributed by atoms with E-state index < -0.39 is 0 Å². The zero-order chi connectivity index (χ0) is 24.0. The van der Waals surface area contributed by atoms with Gasteiger partial charge < -0.3 is 9.84 Å². The predicted octanol–water partition coefficient (Wildman–Crippen LogP) is 7.93. The van der Waals surface area contributed by atoms with Gasteiger partial charge in [0.1, 0.15) is 5.75 Å². The molecule has 0 amide bonds. The van der Waals surface area contributed by atoms with Crippen LogP contribution < -0.4 is 4.74 Å². The van der Waals surface area contributed by atoms with Crippen molar-refractivity contribution in [3.63, 3.8) is 0 Å². The minimum Gasteiger partial charge on any atom is -0.427 e. The van der Waals surface area contributed by atoms with E-state index in [0.717, 1.165) is 43.5 Å². The lowest BCUT2D eigenvalue weighted by Gasteiger charge is -2.03. The highest BCUT2D eigenvalue weighted by Gasteiger charge is 2.04. The van der Waals surface area contributed by atoms with Gasteiger partial charge in [0.25, 0.3) is 0 Å². The van der Waals surface area contributed by atoms with Crippen molar-refractivity contribution in [2.45, 2.75) is 45.4 Å². The summed E-state index contributed by atoms with van der Waals surface area (Å²) in [6, 6.07) is 22.2. The van der Waals surface area contributed by atoms with Gasteiger partial charge in [-0.1, -0.05) is 25.5 Å². The highest BCUT2D eigenvalue weighted by molar-refractivity contribution is 5.72. The van der Waals surface area contributed by atoms with Crippen LogP contribution in [0.3, 0.4) is 0 Å². The maximum atomic E-state index is 11.7. The molecule has 0 fully saturated rings. The Morgan fingerprint density at radius 2 is 1.18 bits per heavy atom. The van der Waals surface area contributed by atoms with Crippen LogP contribution in [0.4, 0.5) is 22.7 Å². The minimum atomic E-state index is -0.222. The molecule has 3 rings (SSSR count). The first-order valence-electron chi connectivity index (χ1n) is 11.6. The van der Waals surface area contributed by atoms with Crippen molar-refractivity contribution in [3.8, 4) is 5.75 Å². The Bertz CT molecular complexity index is 1080. The fourth-order valence-corrected chi connectivity index (χ4v) is 3.07. The van der Waals surface area contributed by atoms with Crippen LogP contribution in [0.1, 0.15) is 44.6 Å². The summed E-state index contributed by atoms with van der Waals surface area (Å²) in [6.45, 7) is 2.27. The first-order valence-corrected chi connectivity index (χ1v) is 11.6. The zero-order valence-electron chi connectivity index (χ0n) is 19.4. The molecular formula is C27H30N4O3. The lowest BCUT2D eigenvalue weighted by atomic mass is 10.1. The zero-order valence-corrected chi connectivity index (χ0v) is 19.4. The molecular weight excluding hydrogens is 428 g/mol. The topological polar surface area (TPSA) is 96.0 Å². The van der Waals surface area contributed by atoms with Gasteiger partial charge in [-0.3, -0.25) is 4.79 Å². The standard InChI is InChI=1S/C27H30N4O3/c1-2-3-7-27(33)34-26-18-16-25(17-19-26)31-30-24-14-12-23(13-15-24)29-28-22-10-8-21(9-11-22)6-4-5-20-32/h8-19,32H,2-7,20H2,1H3. The monoisotopic (exact) mass is 458 g/mol.